The lowest BCUT2D eigenvalue weighted by atomic mass is 10.5. The van der Waals surface area contributed by atoms with Crippen LogP contribution >= 0.6 is 0 Å². The highest BCUT2D eigenvalue weighted by molar-refractivity contribution is 5.69. The summed E-state index contributed by atoms with van der Waals surface area (Å²) < 4.78 is 24.3. The van der Waals surface area contributed by atoms with Gasteiger partial charge in [-0.1, -0.05) is 6.07 Å². The molecular formula is C7H6F2NO+. The molecule has 0 bridgehead atoms. The molecule has 0 saturated carbocycles. The molecule has 0 unspecified atom stereocenters. The summed E-state index contributed by atoms with van der Waals surface area (Å²) >= 11 is 0. The number of aromatic nitrogens is 1. The number of nitrogens with zero attached hydrogens (tertiary/aromatic N) is 1. The van der Waals surface area contributed by atoms with E-state index in [-0.39, 0.29) is 0 Å². The van der Waals surface area contributed by atoms with Crippen molar-refractivity contribution in [1.29, 1.82) is 0 Å². The number of alkyl halides is 2. The Labute approximate surface area is 62.1 Å². The Bertz CT molecular complexity index is 248. The first-order chi connectivity index (χ1) is 5.22. The van der Waals surface area contributed by atoms with E-state index in [4.69, 9.17) is 0 Å². The lowest BCUT2D eigenvalue weighted by Gasteiger charge is -1.90. The van der Waals surface area contributed by atoms with Crippen LogP contribution in [0.3, 0.4) is 0 Å². The smallest absolute Gasteiger partial charge is 0.212 e. The van der Waals surface area contributed by atoms with Crippen LogP contribution in [0.25, 0.3) is 0 Å². The van der Waals surface area contributed by atoms with E-state index in [0.717, 1.165) is 4.57 Å². The first kappa shape index (κ1) is 7.78. The lowest BCUT2D eigenvalue weighted by Crippen LogP contribution is -2.45. The van der Waals surface area contributed by atoms with Crippen LogP contribution in [0.5, 0.6) is 0 Å². The van der Waals surface area contributed by atoms with Crippen molar-refractivity contribution in [2.75, 3.05) is 0 Å². The van der Waals surface area contributed by atoms with Gasteiger partial charge in [-0.2, -0.15) is 8.78 Å². The van der Waals surface area contributed by atoms with E-state index < -0.39 is 12.3 Å². The summed E-state index contributed by atoms with van der Waals surface area (Å²) in [5, 5.41) is 0. The van der Waals surface area contributed by atoms with Gasteiger partial charge < -0.3 is 0 Å². The van der Waals surface area contributed by atoms with Crippen molar-refractivity contribution in [3.8, 4) is 0 Å². The van der Waals surface area contributed by atoms with Crippen LogP contribution in [0.15, 0.2) is 30.6 Å². The van der Waals surface area contributed by atoms with Crippen molar-refractivity contribution in [3.63, 3.8) is 0 Å². The van der Waals surface area contributed by atoms with Gasteiger partial charge in [0.25, 0.3) is 0 Å². The first-order valence-corrected chi connectivity index (χ1v) is 3.00. The average molecular weight is 158 g/mol. The highest BCUT2D eigenvalue weighted by Crippen LogP contribution is 1.91. The van der Waals surface area contributed by atoms with Crippen molar-refractivity contribution in [3.05, 3.63) is 30.6 Å². The van der Waals surface area contributed by atoms with E-state index in [0.29, 0.717) is 0 Å². The van der Waals surface area contributed by atoms with E-state index >= 15 is 0 Å². The van der Waals surface area contributed by atoms with Gasteiger partial charge in [0.15, 0.2) is 12.4 Å². The Hall–Kier alpha value is -1.32. The van der Waals surface area contributed by atoms with Gasteiger partial charge in [0.2, 0.25) is 0 Å². The molecule has 0 aliphatic heterocycles. The zero-order valence-electron chi connectivity index (χ0n) is 5.58. The Kier molecular flexibility index (Phi) is 2.25. The molecule has 1 rings (SSSR count). The summed E-state index contributed by atoms with van der Waals surface area (Å²) in [5.74, 6) is -1.20. The molecule has 2 nitrogen and oxygen atoms in total. The normalized spacial score (nSPS) is 10.1. The Balaban J connectivity index is 2.86. The van der Waals surface area contributed by atoms with E-state index in [9.17, 15) is 13.6 Å². The molecule has 0 aliphatic rings. The topological polar surface area (TPSA) is 20.9 Å². The number of pyridine rings is 1. The van der Waals surface area contributed by atoms with Crippen LogP contribution in [0, 0.1) is 0 Å². The molecule has 0 aliphatic carbocycles. The van der Waals surface area contributed by atoms with Crippen molar-refractivity contribution in [1.82, 2.24) is 0 Å². The van der Waals surface area contributed by atoms with Crippen LogP contribution in [0.4, 0.5) is 8.78 Å². The second-order valence-corrected chi connectivity index (χ2v) is 1.92. The second kappa shape index (κ2) is 3.18. The van der Waals surface area contributed by atoms with Crippen LogP contribution in [-0.4, -0.2) is 12.3 Å². The number of carbonyl (C=O) groups is 1. The fourth-order valence-electron chi connectivity index (χ4n) is 0.658. The third kappa shape index (κ3) is 1.80. The molecule has 0 fully saturated rings. The van der Waals surface area contributed by atoms with Gasteiger partial charge >= 0.3 is 12.3 Å². The number of carbonyl (C=O) groups excluding carboxylic acids is 1. The van der Waals surface area contributed by atoms with Crippen LogP contribution in [0.1, 0.15) is 4.79 Å². The van der Waals surface area contributed by atoms with Gasteiger partial charge in [0, 0.05) is 12.1 Å². The predicted molar refractivity (Wildman–Crippen MR) is 33.3 cm³/mol. The number of halogens is 2. The average Bonchev–Trinajstić information content (AvgIpc) is 2.05. The molecule has 11 heavy (non-hydrogen) atoms. The summed E-state index contributed by atoms with van der Waals surface area (Å²) in [7, 11) is 0. The number of rotatable bonds is 1. The quantitative estimate of drug-likeness (QED) is 0.556. The van der Waals surface area contributed by atoms with Crippen molar-refractivity contribution >= 4 is 5.91 Å². The van der Waals surface area contributed by atoms with Gasteiger partial charge in [0.1, 0.15) is 0 Å². The number of hydrogen-bond donors (Lipinski definition) is 0. The van der Waals surface area contributed by atoms with Crippen LogP contribution in [0.2, 0.25) is 0 Å². The van der Waals surface area contributed by atoms with Crippen LogP contribution in [-0.2, 0) is 0 Å². The van der Waals surface area contributed by atoms with Gasteiger partial charge in [-0.3, -0.25) is 0 Å². The molecule has 1 aromatic rings. The molecule has 1 aromatic heterocycles. The third-order valence-electron chi connectivity index (χ3n) is 1.16. The summed E-state index contributed by atoms with van der Waals surface area (Å²) in [5.41, 5.74) is 0. The minimum absolute atomic E-state index is 0.852. The van der Waals surface area contributed by atoms with E-state index in [1.54, 1.807) is 6.07 Å². The summed E-state index contributed by atoms with van der Waals surface area (Å²) in [6, 6.07) is 4.68. The van der Waals surface area contributed by atoms with E-state index in [2.05, 4.69) is 0 Å². The van der Waals surface area contributed by atoms with Gasteiger partial charge in [-0.25, -0.2) is 4.79 Å². The molecule has 0 radical (unpaired) electrons. The van der Waals surface area contributed by atoms with Gasteiger partial charge in [0.05, 0.1) is 0 Å². The minimum Gasteiger partial charge on any atom is -0.212 e. The fraction of sp³-hybridized carbons (Fsp3) is 0.143. The maximum absolute atomic E-state index is 11.7. The van der Waals surface area contributed by atoms with Crippen molar-refractivity contribution in [2.45, 2.75) is 6.43 Å². The first-order valence-electron chi connectivity index (χ1n) is 3.00. The minimum atomic E-state index is -2.94. The second-order valence-electron chi connectivity index (χ2n) is 1.92. The zero-order valence-corrected chi connectivity index (χ0v) is 5.58. The van der Waals surface area contributed by atoms with E-state index in [1.807, 2.05) is 0 Å². The fourth-order valence-corrected chi connectivity index (χ4v) is 0.658. The largest absolute Gasteiger partial charge is 0.458 e. The van der Waals surface area contributed by atoms with Gasteiger partial charge in [-0.15, -0.1) is 4.57 Å². The summed E-state index contributed by atoms with van der Waals surface area (Å²) in [6.45, 7) is 0. The summed E-state index contributed by atoms with van der Waals surface area (Å²) in [4.78, 5) is 10.6. The molecule has 1 heterocycles. The van der Waals surface area contributed by atoms with Crippen molar-refractivity contribution < 1.29 is 18.1 Å². The molecule has 0 atom stereocenters. The maximum atomic E-state index is 11.7. The molecular weight excluding hydrogens is 152 g/mol. The molecule has 4 heteroatoms. The SMILES string of the molecule is O=C(C(F)F)[n+]1ccccc1. The molecule has 0 spiro atoms. The Morgan fingerprint density at radius 3 is 2.18 bits per heavy atom. The van der Waals surface area contributed by atoms with Crippen LogP contribution < -0.4 is 4.57 Å². The standard InChI is InChI=1S/C7H6F2NO/c8-6(9)7(11)10-4-2-1-3-5-10/h1-6H/q+1. The summed E-state index contributed by atoms with van der Waals surface area (Å²) in [6.07, 6.45) is -0.370. The lowest BCUT2D eigenvalue weighted by molar-refractivity contribution is -0.578. The highest BCUT2D eigenvalue weighted by Gasteiger charge is 2.25. The Morgan fingerprint density at radius 2 is 1.73 bits per heavy atom. The molecule has 0 saturated heterocycles. The van der Waals surface area contributed by atoms with E-state index in [1.165, 1.54) is 24.5 Å². The molecule has 0 N–H and O–H groups in total. The predicted octanol–water partition coefficient (Wildman–Crippen LogP) is 0.879. The number of hydrogen-bond acceptors (Lipinski definition) is 1. The van der Waals surface area contributed by atoms with Gasteiger partial charge in [-0.05, 0) is 0 Å². The highest BCUT2D eigenvalue weighted by atomic mass is 19.3. The Morgan fingerprint density at radius 1 is 1.18 bits per heavy atom. The molecule has 0 amide bonds. The molecule has 0 aromatic carbocycles. The molecule has 58 valence electrons. The zero-order chi connectivity index (χ0) is 8.27. The maximum Gasteiger partial charge on any atom is 0.458 e. The monoisotopic (exact) mass is 158 g/mol. The van der Waals surface area contributed by atoms with Crippen molar-refractivity contribution in [2.24, 2.45) is 0 Å². The third-order valence-corrected chi connectivity index (χ3v) is 1.16.